The number of carbonyl (C=O) groups is 4. The van der Waals surface area contributed by atoms with Crippen molar-refractivity contribution in [1.29, 1.82) is 0 Å². The first-order chi connectivity index (χ1) is 13.0. The van der Waals surface area contributed by atoms with Crippen molar-refractivity contribution < 1.29 is 23.9 Å². The van der Waals surface area contributed by atoms with Gasteiger partial charge in [-0.05, 0) is 26.5 Å². The molecule has 0 atom stereocenters. The maximum absolute atomic E-state index is 12.4. The quantitative estimate of drug-likeness (QED) is 0.637. The third-order valence-corrected chi connectivity index (χ3v) is 4.99. The minimum atomic E-state index is -0.597. The molecule has 0 saturated heterocycles. The lowest BCUT2D eigenvalue weighted by Gasteiger charge is -2.18. The van der Waals surface area contributed by atoms with Crippen LogP contribution in [-0.2, 0) is 14.3 Å². The van der Waals surface area contributed by atoms with Crippen LogP contribution in [0.1, 0.15) is 32.5 Å². The largest absolute Gasteiger partial charge is 0.462 e. The highest BCUT2D eigenvalue weighted by atomic mass is 32.1. The lowest BCUT2D eigenvalue weighted by Crippen LogP contribution is -2.38. The summed E-state index contributed by atoms with van der Waals surface area (Å²) in [6.45, 7) is 3.54. The van der Waals surface area contributed by atoms with Crippen LogP contribution < -0.4 is 5.32 Å². The van der Waals surface area contributed by atoms with E-state index < -0.39 is 11.9 Å². The van der Waals surface area contributed by atoms with Crippen LogP contribution in [0.25, 0.3) is 0 Å². The summed E-state index contributed by atoms with van der Waals surface area (Å²) in [6.07, 6.45) is 0. The highest BCUT2D eigenvalue weighted by molar-refractivity contribution is 7.18. The third kappa shape index (κ3) is 6.03. The van der Waals surface area contributed by atoms with Gasteiger partial charge < -0.3 is 19.9 Å². The van der Waals surface area contributed by atoms with Crippen LogP contribution in [0.15, 0.2) is 0 Å². The maximum Gasteiger partial charge on any atom is 0.341 e. The Balaban J connectivity index is 3.06. The molecule has 3 amide bonds. The second-order valence-electron chi connectivity index (χ2n) is 6.69. The SMILES string of the molecule is CCOC(=O)c1c(NC(=O)CN(C)CC(=O)N(C)C)sc(C(=O)N(C)C)c1C. The first-order valence-electron chi connectivity index (χ1n) is 8.70. The van der Waals surface area contributed by atoms with Crippen LogP contribution in [0.5, 0.6) is 0 Å². The molecule has 0 aliphatic rings. The van der Waals surface area contributed by atoms with Gasteiger partial charge in [0.2, 0.25) is 11.8 Å². The number of rotatable bonds is 8. The van der Waals surface area contributed by atoms with E-state index in [1.807, 2.05) is 0 Å². The third-order valence-electron chi connectivity index (χ3n) is 3.80. The molecular weight excluding hydrogens is 384 g/mol. The van der Waals surface area contributed by atoms with Crippen molar-refractivity contribution in [1.82, 2.24) is 14.7 Å². The van der Waals surface area contributed by atoms with Gasteiger partial charge in [-0.1, -0.05) is 0 Å². The lowest BCUT2D eigenvalue weighted by molar-refractivity contribution is -0.130. The first kappa shape index (κ1) is 23.6. The van der Waals surface area contributed by atoms with E-state index in [1.165, 1.54) is 9.80 Å². The van der Waals surface area contributed by atoms with E-state index in [-0.39, 0.29) is 42.1 Å². The van der Waals surface area contributed by atoms with Crippen LogP contribution in [0.2, 0.25) is 0 Å². The fourth-order valence-electron chi connectivity index (χ4n) is 2.30. The first-order valence-corrected chi connectivity index (χ1v) is 9.51. The molecule has 0 saturated carbocycles. The van der Waals surface area contributed by atoms with E-state index in [0.717, 1.165) is 11.3 Å². The Kier molecular flexibility index (Phi) is 8.58. The van der Waals surface area contributed by atoms with Gasteiger partial charge in [-0.2, -0.15) is 0 Å². The predicted octanol–water partition coefficient (Wildman–Crippen LogP) is 0.894. The summed E-state index contributed by atoms with van der Waals surface area (Å²) in [5.41, 5.74) is 0.644. The molecule has 0 bridgehead atoms. The van der Waals surface area contributed by atoms with Gasteiger partial charge in [-0.25, -0.2) is 4.79 Å². The summed E-state index contributed by atoms with van der Waals surface area (Å²) in [5.74, 6) is -1.39. The molecule has 0 spiro atoms. The normalized spacial score (nSPS) is 10.6. The number of hydrogen-bond acceptors (Lipinski definition) is 7. The standard InChI is InChI=1S/C18H28N4O5S/c1-8-27-18(26)14-11(2)15(17(25)21(5)6)28-16(14)19-12(23)9-22(7)10-13(24)20(3)4/h8-10H2,1-7H3,(H,19,23). The Morgan fingerprint density at radius 3 is 2.11 bits per heavy atom. The van der Waals surface area contributed by atoms with Crippen LogP contribution in [0.4, 0.5) is 5.00 Å². The molecule has 1 N–H and O–H groups in total. The number of hydrogen-bond donors (Lipinski definition) is 1. The zero-order valence-electron chi connectivity index (χ0n) is 17.4. The van der Waals surface area contributed by atoms with Crippen molar-refractivity contribution in [3.05, 3.63) is 16.0 Å². The van der Waals surface area contributed by atoms with Gasteiger partial charge in [0.1, 0.15) is 5.00 Å². The van der Waals surface area contributed by atoms with Gasteiger partial charge in [0.15, 0.2) is 0 Å². The molecule has 1 aromatic heterocycles. The molecular formula is C18H28N4O5S. The smallest absolute Gasteiger partial charge is 0.341 e. The fraction of sp³-hybridized carbons (Fsp3) is 0.556. The minimum absolute atomic E-state index is 0.0459. The highest BCUT2D eigenvalue weighted by Crippen LogP contribution is 2.34. The number of amides is 3. The number of carbonyl (C=O) groups excluding carboxylic acids is 4. The van der Waals surface area contributed by atoms with E-state index in [0.29, 0.717) is 10.4 Å². The second kappa shape index (κ2) is 10.2. The van der Waals surface area contributed by atoms with Gasteiger partial charge in [-0.3, -0.25) is 19.3 Å². The molecule has 1 aromatic rings. The Morgan fingerprint density at radius 1 is 1.00 bits per heavy atom. The van der Waals surface area contributed by atoms with Crippen molar-refractivity contribution >= 4 is 40.0 Å². The number of nitrogens with zero attached hydrogens (tertiary/aromatic N) is 3. The molecule has 156 valence electrons. The van der Waals surface area contributed by atoms with Gasteiger partial charge in [-0.15, -0.1) is 11.3 Å². The highest BCUT2D eigenvalue weighted by Gasteiger charge is 2.27. The molecule has 1 rings (SSSR count). The Morgan fingerprint density at radius 2 is 1.61 bits per heavy atom. The molecule has 0 aliphatic carbocycles. The van der Waals surface area contributed by atoms with Crippen molar-refractivity contribution in [3.8, 4) is 0 Å². The number of ether oxygens (including phenoxy) is 1. The molecule has 28 heavy (non-hydrogen) atoms. The molecule has 10 heteroatoms. The zero-order valence-corrected chi connectivity index (χ0v) is 18.2. The minimum Gasteiger partial charge on any atom is -0.462 e. The number of esters is 1. The average molecular weight is 413 g/mol. The summed E-state index contributed by atoms with van der Waals surface area (Å²) < 4.78 is 5.08. The van der Waals surface area contributed by atoms with Gasteiger partial charge in [0, 0.05) is 28.2 Å². The molecule has 0 unspecified atom stereocenters. The zero-order chi connectivity index (χ0) is 21.6. The fourth-order valence-corrected chi connectivity index (χ4v) is 3.53. The van der Waals surface area contributed by atoms with Crippen molar-refractivity contribution in [2.45, 2.75) is 13.8 Å². The van der Waals surface area contributed by atoms with Gasteiger partial charge >= 0.3 is 5.97 Å². The van der Waals surface area contributed by atoms with E-state index in [1.54, 1.807) is 54.0 Å². The van der Waals surface area contributed by atoms with Crippen LogP contribution in [0.3, 0.4) is 0 Å². The van der Waals surface area contributed by atoms with Gasteiger partial charge in [0.25, 0.3) is 5.91 Å². The second-order valence-corrected chi connectivity index (χ2v) is 7.71. The average Bonchev–Trinajstić information content (AvgIpc) is 2.89. The molecule has 0 fully saturated rings. The van der Waals surface area contributed by atoms with E-state index in [4.69, 9.17) is 4.74 Å². The lowest BCUT2D eigenvalue weighted by atomic mass is 10.1. The van der Waals surface area contributed by atoms with Gasteiger partial charge in [0.05, 0.1) is 30.1 Å². The topological polar surface area (TPSA) is 99.3 Å². The molecule has 0 radical (unpaired) electrons. The Hall–Kier alpha value is -2.46. The summed E-state index contributed by atoms with van der Waals surface area (Å²) >= 11 is 1.03. The summed E-state index contributed by atoms with van der Waals surface area (Å²) in [4.78, 5) is 53.7. The number of anilines is 1. The monoisotopic (exact) mass is 412 g/mol. The van der Waals surface area contributed by atoms with Crippen molar-refractivity contribution in [3.63, 3.8) is 0 Å². The van der Waals surface area contributed by atoms with Crippen LogP contribution in [0, 0.1) is 6.92 Å². The van der Waals surface area contributed by atoms with Crippen molar-refractivity contribution in [2.24, 2.45) is 0 Å². The molecule has 0 aromatic carbocycles. The van der Waals surface area contributed by atoms with Crippen LogP contribution >= 0.6 is 11.3 Å². The summed E-state index contributed by atoms with van der Waals surface area (Å²) in [7, 11) is 8.15. The van der Waals surface area contributed by atoms with Crippen molar-refractivity contribution in [2.75, 3.05) is 60.3 Å². The summed E-state index contributed by atoms with van der Waals surface area (Å²) in [5, 5.41) is 2.94. The summed E-state index contributed by atoms with van der Waals surface area (Å²) in [6, 6.07) is 0. The molecule has 1 heterocycles. The van der Waals surface area contributed by atoms with E-state index >= 15 is 0 Å². The Labute approximate surface area is 169 Å². The number of thiophene rings is 1. The number of nitrogens with one attached hydrogen (secondary N) is 1. The van der Waals surface area contributed by atoms with E-state index in [9.17, 15) is 19.2 Å². The maximum atomic E-state index is 12.4. The van der Waals surface area contributed by atoms with E-state index in [2.05, 4.69) is 5.32 Å². The predicted molar refractivity (Wildman–Crippen MR) is 108 cm³/mol. The van der Waals surface area contributed by atoms with Crippen LogP contribution in [-0.4, -0.2) is 93.3 Å². The Bertz CT molecular complexity index is 757. The molecule has 0 aliphatic heterocycles. The molecule has 9 nitrogen and oxygen atoms in total. The number of likely N-dealkylation sites (N-methyl/N-ethyl adjacent to an activating group) is 2.